The molecule has 0 radical (unpaired) electrons. The van der Waals surface area contributed by atoms with Gasteiger partial charge in [-0.25, -0.2) is 4.85 Å². The van der Waals surface area contributed by atoms with Gasteiger partial charge < -0.3 is 29.3 Å². The van der Waals surface area contributed by atoms with Crippen molar-refractivity contribution in [3.05, 3.63) is 65.0 Å². The second kappa shape index (κ2) is 13.4. The number of methoxy groups -OCH3 is 1. The van der Waals surface area contributed by atoms with E-state index in [1.807, 2.05) is 13.0 Å². The van der Waals surface area contributed by atoms with Crippen LogP contribution >= 0.6 is 0 Å². The predicted octanol–water partition coefficient (Wildman–Crippen LogP) is 2.89. The lowest BCUT2D eigenvalue weighted by Gasteiger charge is -2.35. The summed E-state index contributed by atoms with van der Waals surface area (Å²) >= 11 is 0. The molecule has 0 saturated carbocycles. The molecular formula is C30H34N4O7. The Kier molecular flexibility index (Phi) is 9.70. The molecule has 0 aliphatic carbocycles. The number of hydrogen-bond acceptors (Lipinski definition) is 7. The Balaban J connectivity index is 1.50. The van der Waals surface area contributed by atoms with Gasteiger partial charge in [0, 0.05) is 45.0 Å². The molecule has 0 bridgehead atoms. The standard InChI is InChI=1S/C30H34N4O7/c1-5-21-17-22(9-10-25(21)31-3)32-29(37)27(41-19(2)35)28-30(38)34(13-14-40-28)23-8-6-7-20(15-23)16-26(36)33-12-11-24(18-33)39-4/h6-10,15,17,24,27-28H,5,11-14,16,18H2,1-2,4H3,(H,32,37)/t24-,27+,28+/m0/s1. The second-order valence-corrected chi connectivity index (χ2v) is 9.94. The zero-order valence-electron chi connectivity index (χ0n) is 23.4. The van der Waals surface area contributed by atoms with Gasteiger partial charge in [0.2, 0.25) is 12.0 Å². The first kappa shape index (κ1) is 29.7. The fourth-order valence-corrected chi connectivity index (χ4v) is 5.05. The van der Waals surface area contributed by atoms with Crippen LogP contribution in [0.4, 0.5) is 17.1 Å². The number of benzene rings is 2. The molecule has 2 fully saturated rings. The highest BCUT2D eigenvalue weighted by atomic mass is 16.6. The SMILES string of the molecule is [C-]#[N+]c1ccc(NC(=O)[C@H](OC(C)=O)[C@H]2OCCN(c3cccc(CC(=O)N4CC[C@H](OC)C4)c3)C2=O)cc1CC. The normalized spacial score (nSPS) is 19.4. The summed E-state index contributed by atoms with van der Waals surface area (Å²) in [5.74, 6) is -2.02. The molecular weight excluding hydrogens is 528 g/mol. The van der Waals surface area contributed by atoms with Crippen LogP contribution < -0.4 is 10.2 Å². The van der Waals surface area contributed by atoms with E-state index in [1.54, 1.807) is 48.4 Å². The predicted molar refractivity (Wildman–Crippen MR) is 150 cm³/mol. The number of anilines is 2. The number of aryl methyl sites for hydroxylation is 1. The van der Waals surface area contributed by atoms with Crippen molar-refractivity contribution in [3.63, 3.8) is 0 Å². The fourth-order valence-electron chi connectivity index (χ4n) is 5.05. The van der Waals surface area contributed by atoms with Crippen LogP contribution in [0.25, 0.3) is 4.85 Å². The van der Waals surface area contributed by atoms with E-state index in [0.717, 1.165) is 24.5 Å². The first-order valence-corrected chi connectivity index (χ1v) is 13.5. The van der Waals surface area contributed by atoms with Gasteiger partial charge in [0.15, 0.2) is 11.8 Å². The molecule has 2 aliphatic heterocycles. The van der Waals surface area contributed by atoms with Crippen molar-refractivity contribution in [1.29, 1.82) is 0 Å². The van der Waals surface area contributed by atoms with E-state index in [9.17, 15) is 19.2 Å². The van der Waals surface area contributed by atoms with Gasteiger partial charge in [-0.15, -0.1) is 0 Å². The van der Waals surface area contributed by atoms with Crippen LogP contribution in [0, 0.1) is 6.57 Å². The van der Waals surface area contributed by atoms with Crippen LogP contribution in [0.2, 0.25) is 0 Å². The van der Waals surface area contributed by atoms with E-state index in [0.29, 0.717) is 36.6 Å². The Morgan fingerprint density at radius 1 is 1.20 bits per heavy atom. The number of carbonyl (C=O) groups is 4. The number of carbonyl (C=O) groups excluding carboxylic acids is 4. The van der Waals surface area contributed by atoms with E-state index in [1.165, 1.54) is 4.90 Å². The van der Waals surface area contributed by atoms with Gasteiger partial charge in [-0.2, -0.15) is 0 Å². The molecule has 4 rings (SSSR count). The first-order chi connectivity index (χ1) is 19.7. The van der Waals surface area contributed by atoms with Crippen molar-refractivity contribution in [2.24, 2.45) is 0 Å². The Morgan fingerprint density at radius 2 is 2.00 bits per heavy atom. The van der Waals surface area contributed by atoms with Crippen LogP contribution in [0.1, 0.15) is 31.4 Å². The van der Waals surface area contributed by atoms with Gasteiger partial charge in [-0.05, 0) is 48.2 Å². The summed E-state index contributed by atoms with van der Waals surface area (Å²) in [4.78, 5) is 58.4. The molecule has 2 saturated heterocycles. The number of nitrogens with one attached hydrogen (secondary N) is 1. The van der Waals surface area contributed by atoms with E-state index >= 15 is 0 Å². The molecule has 3 amide bonds. The maximum atomic E-state index is 13.6. The zero-order valence-corrected chi connectivity index (χ0v) is 23.4. The summed E-state index contributed by atoms with van der Waals surface area (Å²) in [5.41, 5.74) is 2.93. The highest BCUT2D eigenvalue weighted by Gasteiger charge is 2.42. The second-order valence-electron chi connectivity index (χ2n) is 9.94. The average molecular weight is 563 g/mol. The topological polar surface area (TPSA) is 119 Å². The lowest BCUT2D eigenvalue weighted by Crippen LogP contribution is -2.56. The molecule has 0 spiro atoms. The van der Waals surface area contributed by atoms with Gasteiger partial charge in [0.1, 0.15) is 0 Å². The van der Waals surface area contributed by atoms with Crippen molar-refractivity contribution >= 4 is 40.8 Å². The quantitative estimate of drug-likeness (QED) is 0.369. The summed E-state index contributed by atoms with van der Waals surface area (Å²) < 4.78 is 16.3. The van der Waals surface area contributed by atoms with Gasteiger partial charge in [0.25, 0.3) is 11.8 Å². The largest absolute Gasteiger partial charge is 0.449 e. The highest BCUT2D eigenvalue weighted by molar-refractivity contribution is 6.04. The summed E-state index contributed by atoms with van der Waals surface area (Å²) in [6.45, 7) is 11.9. The molecule has 216 valence electrons. The van der Waals surface area contributed by atoms with Gasteiger partial charge in [-0.3, -0.25) is 19.2 Å². The van der Waals surface area contributed by atoms with Crippen molar-refractivity contribution in [2.75, 3.05) is 43.6 Å². The van der Waals surface area contributed by atoms with Gasteiger partial charge >= 0.3 is 5.97 Å². The summed E-state index contributed by atoms with van der Waals surface area (Å²) in [6, 6.07) is 12.0. The lowest BCUT2D eigenvalue weighted by molar-refractivity contribution is -0.167. The smallest absolute Gasteiger partial charge is 0.303 e. The van der Waals surface area contributed by atoms with Gasteiger partial charge in [0.05, 0.1) is 25.7 Å². The number of nitrogens with zero attached hydrogens (tertiary/aromatic N) is 3. The minimum absolute atomic E-state index is 0.0184. The first-order valence-electron chi connectivity index (χ1n) is 13.5. The molecule has 1 N–H and O–H groups in total. The number of rotatable bonds is 9. The number of amides is 3. The summed E-state index contributed by atoms with van der Waals surface area (Å²) in [6.07, 6.45) is -1.30. The van der Waals surface area contributed by atoms with Gasteiger partial charge in [-0.1, -0.05) is 25.1 Å². The summed E-state index contributed by atoms with van der Waals surface area (Å²) in [7, 11) is 1.64. The molecule has 11 nitrogen and oxygen atoms in total. The third-order valence-corrected chi connectivity index (χ3v) is 7.21. The Hall–Kier alpha value is -4.27. The van der Waals surface area contributed by atoms with Crippen molar-refractivity contribution < 1.29 is 33.4 Å². The van der Waals surface area contributed by atoms with E-state index in [-0.39, 0.29) is 31.6 Å². The monoisotopic (exact) mass is 562 g/mol. The van der Waals surface area contributed by atoms with Crippen LogP contribution in [0.5, 0.6) is 0 Å². The van der Waals surface area contributed by atoms with Crippen LogP contribution in [0.3, 0.4) is 0 Å². The molecule has 2 aromatic rings. The van der Waals surface area contributed by atoms with Crippen molar-refractivity contribution in [2.45, 2.75) is 51.4 Å². The maximum Gasteiger partial charge on any atom is 0.303 e. The third kappa shape index (κ3) is 7.09. The van der Waals surface area contributed by atoms with Crippen LogP contribution in [-0.2, 0) is 46.2 Å². The Labute approximate surface area is 239 Å². The zero-order chi connectivity index (χ0) is 29.5. The highest BCUT2D eigenvalue weighted by Crippen LogP contribution is 2.26. The fraction of sp³-hybridized carbons (Fsp3) is 0.433. The van der Waals surface area contributed by atoms with Crippen LogP contribution in [0.15, 0.2) is 42.5 Å². The van der Waals surface area contributed by atoms with Crippen LogP contribution in [-0.4, -0.2) is 80.3 Å². The molecule has 0 aromatic heterocycles. The number of morpholine rings is 1. The number of likely N-dealkylation sites (tertiary alicyclic amines) is 1. The molecule has 2 aromatic carbocycles. The molecule has 11 heteroatoms. The minimum Gasteiger partial charge on any atom is -0.449 e. The molecule has 3 atom stereocenters. The molecule has 41 heavy (non-hydrogen) atoms. The lowest BCUT2D eigenvalue weighted by atomic mass is 10.1. The maximum absolute atomic E-state index is 13.6. The average Bonchev–Trinajstić information content (AvgIpc) is 3.46. The molecule has 2 heterocycles. The number of hydrogen-bond donors (Lipinski definition) is 1. The van der Waals surface area contributed by atoms with E-state index < -0.39 is 30.0 Å². The summed E-state index contributed by atoms with van der Waals surface area (Å²) in [5, 5.41) is 2.69. The molecule has 2 aliphatic rings. The van der Waals surface area contributed by atoms with Crippen molar-refractivity contribution in [1.82, 2.24) is 4.90 Å². The Morgan fingerprint density at radius 3 is 2.68 bits per heavy atom. The number of ether oxygens (including phenoxy) is 3. The number of esters is 1. The Bertz CT molecular complexity index is 1350. The van der Waals surface area contributed by atoms with E-state index in [2.05, 4.69) is 10.2 Å². The van der Waals surface area contributed by atoms with Crippen molar-refractivity contribution in [3.8, 4) is 0 Å². The molecule has 0 unspecified atom stereocenters. The minimum atomic E-state index is -1.54. The third-order valence-electron chi connectivity index (χ3n) is 7.21. The van der Waals surface area contributed by atoms with E-state index in [4.69, 9.17) is 20.8 Å².